The lowest BCUT2D eigenvalue weighted by Crippen LogP contribution is -2.42. The first-order valence-electron chi connectivity index (χ1n) is 5.99. The lowest BCUT2D eigenvalue weighted by molar-refractivity contribution is 0.123. The normalized spacial score (nSPS) is 11.8. The van der Waals surface area contributed by atoms with E-state index in [1.165, 1.54) is 11.1 Å². The Kier molecular flexibility index (Phi) is 6.89. The number of aryl methyl sites for hydroxylation is 1. The molecule has 18 heavy (non-hydrogen) atoms. The fourth-order valence-corrected chi connectivity index (χ4v) is 3.97. The molecular formula is C13H21ClO3Si. The van der Waals surface area contributed by atoms with E-state index in [1.807, 2.05) is 12.1 Å². The van der Waals surface area contributed by atoms with Crippen LogP contribution in [0.25, 0.3) is 0 Å². The average molecular weight is 289 g/mol. The summed E-state index contributed by atoms with van der Waals surface area (Å²) in [6.07, 6.45) is 1.93. The minimum atomic E-state index is -2.43. The number of hydrogen-bond acceptors (Lipinski definition) is 3. The van der Waals surface area contributed by atoms with E-state index in [9.17, 15) is 0 Å². The maximum atomic E-state index is 5.92. The number of halogens is 1. The predicted molar refractivity (Wildman–Crippen MR) is 75.9 cm³/mol. The number of rotatable bonds is 8. The van der Waals surface area contributed by atoms with Crippen molar-refractivity contribution in [1.82, 2.24) is 0 Å². The van der Waals surface area contributed by atoms with Gasteiger partial charge in [0.1, 0.15) is 0 Å². The average Bonchev–Trinajstić information content (AvgIpc) is 2.44. The highest BCUT2D eigenvalue weighted by Gasteiger charge is 2.36. The minimum Gasteiger partial charge on any atom is -0.377 e. The van der Waals surface area contributed by atoms with E-state index < -0.39 is 8.80 Å². The van der Waals surface area contributed by atoms with Crippen LogP contribution in [-0.4, -0.2) is 30.1 Å². The highest BCUT2D eigenvalue weighted by Crippen LogP contribution is 2.19. The van der Waals surface area contributed by atoms with Crippen molar-refractivity contribution in [1.29, 1.82) is 0 Å². The topological polar surface area (TPSA) is 27.7 Å². The second kappa shape index (κ2) is 7.91. The van der Waals surface area contributed by atoms with Gasteiger partial charge < -0.3 is 13.3 Å². The van der Waals surface area contributed by atoms with Gasteiger partial charge in [0.25, 0.3) is 0 Å². The Morgan fingerprint density at radius 2 is 1.56 bits per heavy atom. The van der Waals surface area contributed by atoms with Crippen molar-refractivity contribution in [3.05, 3.63) is 35.4 Å². The smallest absolute Gasteiger partial charge is 0.377 e. The van der Waals surface area contributed by atoms with Crippen molar-refractivity contribution in [3.8, 4) is 0 Å². The van der Waals surface area contributed by atoms with E-state index >= 15 is 0 Å². The molecule has 0 aromatic heterocycles. The molecule has 102 valence electrons. The zero-order valence-electron chi connectivity index (χ0n) is 11.2. The van der Waals surface area contributed by atoms with Gasteiger partial charge in [-0.05, 0) is 24.0 Å². The van der Waals surface area contributed by atoms with Crippen LogP contribution in [0, 0.1) is 0 Å². The second-order valence-electron chi connectivity index (χ2n) is 4.05. The van der Waals surface area contributed by atoms with E-state index in [0.717, 1.165) is 18.9 Å². The summed E-state index contributed by atoms with van der Waals surface area (Å²) in [5.74, 6) is 0.553. The maximum Gasteiger partial charge on any atom is 0.500 e. The molecule has 1 aromatic rings. The fourth-order valence-electron chi connectivity index (χ4n) is 1.98. The van der Waals surface area contributed by atoms with Crippen molar-refractivity contribution in [3.63, 3.8) is 0 Å². The summed E-state index contributed by atoms with van der Waals surface area (Å²) in [4.78, 5) is 0. The standard InChI is InChI=1S/C13H21ClO3Si/c1-15-18(16-2,17-3)10-6-9-12-7-4-5-8-13(12)11-14/h4-5,7-8H,6,9-11H2,1-3H3. The molecule has 0 N–H and O–H groups in total. The summed E-state index contributed by atoms with van der Waals surface area (Å²) >= 11 is 5.92. The molecule has 0 saturated carbocycles. The molecule has 5 heteroatoms. The Morgan fingerprint density at radius 1 is 1.00 bits per heavy atom. The van der Waals surface area contributed by atoms with Crippen LogP contribution in [0.15, 0.2) is 24.3 Å². The molecule has 3 nitrogen and oxygen atoms in total. The highest BCUT2D eigenvalue weighted by molar-refractivity contribution is 6.60. The largest absolute Gasteiger partial charge is 0.500 e. The van der Waals surface area contributed by atoms with Crippen LogP contribution in [0.5, 0.6) is 0 Å². The van der Waals surface area contributed by atoms with Crippen LogP contribution in [0.4, 0.5) is 0 Å². The third-order valence-corrected chi connectivity index (χ3v) is 6.24. The number of alkyl halides is 1. The molecule has 0 bridgehead atoms. The van der Waals surface area contributed by atoms with Gasteiger partial charge in [0.05, 0.1) is 0 Å². The molecule has 0 aliphatic rings. The summed E-state index contributed by atoms with van der Waals surface area (Å²) < 4.78 is 16.2. The summed E-state index contributed by atoms with van der Waals surface area (Å²) in [6.45, 7) is 0. The summed E-state index contributed by atoms with van der Waals surface area (Å²) in [6, 6.07) is 9.05. The fraction of sp³-hybridized carbons (Fsp3) is 0.538. The van der Waals surface area contributed by atoms with Crippen LogP contribution in [0.1, 0.15) is 17.5 Å². The minimum absolute atomic E-state index is 0.553. The van der Waals surface area contributed by atoms with Crippen molar-refractivity contribution in [2.45, 2.75) is 24.8 Å². The Balaban J connectivity index is 2.55. The maximum absolute atomic E-state index is 5.92. The van der Waals surface area contributed by atoms with Gasteiger partial charge in [-0.2, -0.15) is 0 Å². The molecule has 0 radical (unpaired) electrons. The highest BCUT2D eigenvalue weighted by atomic mass is 35.5. The van der Waals surface area contributed by atoms with E-state index in [0.29, 0.717) is 5.88 Å². The molecule has 0 atom stereocenters. The first kappa shape index (κ1) is 15.7. The molecule has 0 aliphatic carbocycles. The van der Waals surface area contributed by atoms with Crippen LogP contribution in [-0.2, 0) is 25.6 Å². The van der Waals surface area contributed by atoms with Gasteiger partial charge in [0.15, 0.2) is 0 Å². The zero-order valence-corrected chi connectivity index (χ0v) is 13.0. The van der Waals surface area contributed by atoms with Crippen molar-refractivity contribution in [2.75, 3.05) is 21.3 Å². The first-order valence-corrected chi connectivity index (χ1v) is 8.46. The Labute approximate surface area is 115 Å². The molecule has 1 rings (SSSR count). The van der Waals surface area contributed by atoms with Gasteiger partial charge in [-0.25, -0.2) is 0 Å². The number of benzene rings is 1. The van der Waals surface area contributed by atoms with Crippen molar-refractivity contribution < 1.29 is 13.3 Å². The molecule has 0 unspecified atom stereocenters. The monoisotopic (exact) mass is 288 g/mol. The molecule has 0 saturated heterocycles. The van der Waals surface area contributed by atoms with Crippen LogP contribution >= 0.6 is 11.6 Å². The molecule has 0 amide bonds. The molecule has 1 aromatic carbocycles. The first-order chi connectivity index (χ1) is 8.71. The Hall–Kier alpha value is -0.393. The van der Waals surface area contributed by atoms with Crippen molar-refractivity contribution >= 4 is 20.4 Å². The van der Waals surface area contributed by atoms with E-state index in [-0.39, 0.29) is 0 Å². The quantitative estimate of drug-likeness (QED) is 0.543. The van der Waals surface area contributed by atoms with Gasteiger partial charge in [-0.3, -0.25) is 0 Å². The Morgan fingerprint density at radius 3 is 2.06 bits per heavy atom. The summed E-state index contributed by atoms with van der Waals surface area (Å²) in [5, 5.41) is 0. The van der Waals surface area contributed by atoms with Gasteiger partial charge in [0, 0.05) is 33.3 Å². The van der Waals surface area contributed by atoms with Crippen LogP contribution in [0.3, 0.4) is 0 Å². The van der Waals surface area contributed by atoms with Crippen LogP contribution in [0.2, 0.25) is 6.04 Å². The van der Waals surface area contributed by atoms with E-state index in [1.54, 1.807) is 21.3 Å². The SMILES string of the molecule is CO[Si](CCCc1ccccc1CCl)(OC)OC. The molecule has 0 spiro atoms. The van der Waals surface area contributed by atoms with Crippen LogP contribution < -0.4 is 0 Å². The van der Waals surface area contributed by atoms with Gasteiger partial charge in [-0.1, -0.05) is 24.3 Å². The Bertz CT molecular complexity index is 348. The third-order valence-electron chi connectivity index (χ3n) is 3.12. The molecule has 0 fully saturated rings. The zero-order chi connectivity index (χ0) is 13.4. The van der Waals surface area contributed by atoms with Gasteiger partial charge >= 0.3 is 8.80 Å². The second-order valence-corrected chi connectivity index (χ2v) is 7.41. The van der Waals surface area contributed by atoms with Crippen molar-refractivity contribution in [2.24, 2.45) is 0 Å². The van der Waals surface area contributed by atoms with E-state index in [4.69, 9.17) is 24.9 Å². The summed E-state index contributed by atoms with van der Waals surface area (Å²) in [7, 11) is 2.50. The lowest BCUT2D eigenvalue weighted by Gasteiger charge is -2.24. The molecule has 0 aliphatic heterocycles. The van der Waals surface area contributed by atoms with Gasteiger partial charge in [0.2, 0.25) is 0 Å². The molecule has 0 heterocycles. The van der Waals surface area contributed by atoms with Gasteiger partial charge in [-0.15, -0.1) is 11.6 Å². The predicted octanol–water partition coefficient (Wildman–Crippen LogP) is 3.24. The van der Waals surface area contributed by atoms with E-state index in [2.05, 4.69) is 12.1 Å². The summed E-state index contributed by atoms with van der Waals surface area (Å²) in [5.41, 5.74) is 2.48. The molecular weight excluding hydrogens is 268 g/mol. The number of hydrogen-bond donors (Lipinski definition) is 0. The lowest BCUT2D eigenvalue weighted by atomic mass is 10.0. The third kappa shape index (κ3) is 4.07.